The van der Waals surface area contributed by atoms with Crippen molar-refractivity contribution in [3.05, 3.63) is 71.5 Å². The molecule has 0 amide bonds. The maximum absolute atomic E-state index is 13.2. The van der Waals surface area contributed by atoms with Crippen LogP contribution in [0.2, 0.25) is 0 Å². The Morgan fingerprint density at radius 3 is 2.42 bits per heavy atom. The molecular weight excluding hydrogens is 406 g/mol. The Kier molecular flexibility index (Phi) is 4.82. The number of sulfonamides is 1. The summed E-state index contributed by atoms with van der Waals surface area (Å²) >= 11 is 0. The molecule has 0 saturated carbocycles. The fourth-order valence-electron chi connectivity index (χ4n) is 4.59. The van der Waals surface area contributed by atoms with Crippen LogP contribution in [0.5, 0.6) is 0 Å². The average Bonchev–Trinajstić information content (AvgIpc) is 3.12. The standard InChI is InChI=1S/C26H27NO3S/c1-16(2)18-9-11-19(12-10-18)31(28,29)27-24-15-23-22-14-17(3)8-13-25(22)30-26(23)21-7-5-4-6-20(21)24/h4-7,9-12,15-17,27H,8,13-14H2,1-3H3/t17-/m0/s1. The average molecular weight is 434 g/mol. The van der Waals surface area contributed by atoms with Crippen LogP contribution in [0.4, 0.5) is 5.69 Å². The molecule has 1 heterocycles. The van der Waals surface area contributed by atoms with Gasteiger partial charge in [-0.1, -0.05) is 57.2 Å². The first-order valence-corrected chi connectivity index (χ1v) is 12.4. The van der Waals surface area contributed by atoms with Crippen molar-refractivity contribution in [1.29, 1.82) is 0 Å². The molecule has 1 aliphatic carbocycles. The topological polar surface area (TPSA) is 59.3 Å². The zero-order valence-corrected chi connectivity index (χ0v) is 18.9. The summed E-state index contributed by atoms with van der Waals surface area (Å²) in [5, 5.41) is 2.81. The highest BCUT2D eigenvalue weighted by Crippen LogP contribution is 2.40. The summed E-state index contributed by atoms with van der Waals surface area (Å²) in [5.74, 6) is 1.99. The van der Waals surface area contributed by atoms with Crippen molar-refractivity contribution in [2.75, 3.05) is 4.72 Å². The number of furan rings is 1. The fourth-order valence-corrected chi connectivity index (χ4v) is 5.66. The number of nitrogens with one attached hydrogen (secondary N) is 1. The van der Waals surface area contributed by atoms with E-state index in [0.29, 0.717) is 17.5 Å². The highest BCUT2D eigenvalue weighted by Gasteiger charge is 2.25. The second-order valence-corrected chi connectivity index (χ2v) is 10.7. The number of rotatable bonds is 4. The smallest absolute Gasteiger partial charge is 0.261 e. The van der Waals surface area contributed by atoms with Gasteiger partial charge in [0.05, 0.1) is 10.6 Å². The number of hydrogen-bond donors (Lipinski definition) is 1. The SMILES string of the molecule is CC(C)c1ccc(S(=O)(=O)Nc2cc3c4c(oc3c3ccccc23)CC[C@H](C)C4)cc1. The van der Waals surface area contributed by atoms with Crippen LogP contribution in [0.15, 0.2) is 63.9 Å². The Morgan fingerprint density at radius 2 is 1.71 bits per heavy atom. The molecule has 4 nitrogen and oxygen atoms in total. The molecule has 1 atom stereocenters. The van der Waals surface area contributed by atoms with Crippen molar-refractivity contribution in [2.45, 2.75) is 50.8 Å². The predicted molar refractivity (Wildman–Crippen MR) is 126 cm³/mol. The number of anilines is 1. The Labute approximate surface area is 183 Å². The summed E-state index contributed by atoms with van der Waals surface area (Å²) in [6, 6.07) is 16.9. The predicted octanol–water partition coefficient (Wildman–Crippen LogP) is 6.64. The van der Waals surface area contributed by atoms with E-state index in [2.05, 4.69) is 25.5 Å². The number of hydrogen-bond acceptors (Lipinski definition) is 3. The summed E-state index contributed by atoms with van der Waals surface area (Å²) in [4.78, 5) is 0.268. The summed E-state index contributed by atoms with van der Waals surface area (Å²) in [5.41, 5.74) is 3.79. The normalized spacial score (nSPS) is 16.7. The van der Waals surface area contributed by atoms with Crippen LogP contribution in [-0.4, -0.2) is 8.42 Å². The van der Waals surface area contributed by atoms with Crippen molar-refractivity contribution in [1.82, 2.24) is 0 Å². The first-order valence-electron chi connectivity index (χ1n) is 10.9. The van der Waals surface area contributed by atoms with Crippen LogP contribution in [-0.2, 0) is 22.9 Å². The van der Waals surface area contributed by atoms with E-state index in [1.165, 1.54) is 5.56 Å². The molecule has 1 aliphatic rings. The monoisotopic (exact) mass is 433 g/mol. The van der Waals surface area contributed by atoms with Gasteiger partial charge in [-0.15, -0.1) is 0 Å². The zero-order chi connectivity index (χ0) is 21.8. The molecule has 1 N–H and O–H groups in total. The van der Waals surface area contributed by atoms with Gasteiger partial charge in [0.25, 0.3) is 10.0 Å². The third kappa shape index (κ3) is 3.51. The molecule has 5 rings (SSSR count). The van der Waals surface area contributed by atoms with E-state index in [9.17, 15) is 8.42 Å². The third-order valence-corrected chi connectivity index (χ3v) is 7.78. The largest absolute Gasteiger partial charge is 0.460 e. The molecule has 0 radical (unpaired) electrons. The Balaban J connectivity index is 1.64. The molecular formula is C26H27NO3S. The molecule has 0 unspecified atom stereocenters. The minimum Gasteiger partial charge on any atom is -0.460 e. The van der Waals surface area contributed by atoms with E-state index in [1.54, 1.807) is 12.1 Å². The third-order valence-electron chi connectivity index (χ3n) is 6.40. The minimum absolute atomic E-state index is 0.268. The molecule has 0 aliphatic heterocycles. The summed E-state index contributed by atoms with van der Waals surface area (Å²) in [6.45, 7) is 6.44. The van der Waals surface area contributed by atoms with Crippen LogP contribution in [0.25, 0.3) is 21.7 Å². The summed E-state index contributed by atoms with van der Waals surface area (Å²) in [6.07, 6.45) is 3.02. The molecule has 0 fully saturated rings. The van der Waals surface area contributed by atoms with E-state index >= 15 is 0 Å². The van der Waals surface area contributed by atoms with Crippen molar-refractivity contribution < 1.29 is 12.8 Å². The van der Waals surface area contributed by atoms with Crippen molar-refractivity contribution in [3.63, 3.8) is 0 Å². The van der Waals surface area contributed by atoms with Crippen LogP contribution < -0.4 is 4.72 Å². The molecule has 4 aromatic rings. The second kappa shape index (κ2) is 7.41. The summed E-state index contributed by atoms with van der Waals surface area (Å²) < 4.78 is 35.6. The highest BCUT2D eigenvalue weighted by molar-refractivity contribution is 7.92. The lowest BCUT2D eigenvalue weighted by atomic mass is 9.87. The number of aryl methyl sites for hydroxylation is 1. The Morgan fingerprint density at radius 1 is 1.00 bits per heavy atom. The van der Waals surface area contributed by atoms with Gasteiger partial charge in [0, 0.05) is 28.1 Å². The van der Waals surface area contributed by atoms with Gasteiger partial charge in [0.15, 0.2) is 0 Å². The van der Waals surface area contributed by atoms with Gasteiger partial charge < -0.3 is 4.42 Å². The van der Waals surface area contributed by atoms with Crippen molar-refractivity contribution in [3.8, 4) is 0 Å². The first-order chi connectivity index (χ1) is 14.8. The molecule has 0 spiro atoms. The van der Waals surface area contributed by atoms with E-state index in [4.69, 9.17) is 4.42 Å². The maximum Gasteiger partial charge on any atom is 0.261 e. The van der Waals surface area contributed by atoms with Crippen LogP contribution in [0.3, 0.4) is 0 Å². The molecule has 0 bridgehead atoms. The van der Waals surface area contributed by atoms with E-state index in [1.807, 2.05) is 42.5 Å². The van der Waals surface area contributed by atoms with Gasteiger partial charge in [0.2, 0.25) is 0 Å². The van der Waals surface area contributed by atoms with Gasteiger partial charge in [-0.2, -0.15) is 0 Å². The van der Waals surface area contributed by atoms with Crippen LogP contribution >= 0.6 is 0 Å². The van der Waals surface area contributed by atoms with Gasteiger partial charge in [-0.3, -0.25) is 4.72 Å². The number of benzene rings is 3. The molecule has 160 valence electrons. The second-order valence-electron chi connectivity index (χ2n) is 9.03. The van der Waals surface area contributed by atoms with Gasteiger partial charge in [-0.05, 0) is 48.4 Å². The molecule has 0 saturated heterocycles. The molecule has 3 aromatic carbocycles. The minimum atomic E-state index is -3.71. The van der Waals surface area contributed by atoms with Crippen molar-refractivity contribution in [2.24, 2.45) is 5.92 Å². The number of fused-ring (bicyclic) bond motifs is 5. The Bertz CT molecular complexity index is 1380. The first kappa shape index (κ1) is 20.1. The van der Waals surface area contributed by atoms with Gasteiger partial charge in [0.1, 0.15) is 11.3 Å². The van der Waals surface area contributed by atoms with Crippen molar-refractivity contribution >= 4 is 37.5 Å². The lowest BCUT2D eigenvalue weighted by Crippen LogP contribution is -2.13. The molecule has 5 heteroatoms. The zero-order valence-electron chi connectivity index (χ0n) is 18.1. The molecule has 31 heavy (non-hydrogen) atoms. The van der Waals surface area contributed by atoms with E-state index < -0.39 is 10.0 Å². The van der Waals surface area contributed by atoms with Gasteiger partial charge >= 0.3 is 0 Å². The lowest BCUT2D eigenvalue weighted by Gasteiger charge is -2.17. The Hall–Kier alpha value is -2.79. The van der Waals surface area contributed by atoms with Crippen LogP contribution in [0, 0.1) is 5.92 Å². The highest BCUT2D eigenvalue weighted by atomic mass is 32.2. The van der Waals surface area contributed by atoms with E-state index in [0.717, 1.165) is 52.3 Å². The molecule has 1 aromatic heterocycles. The fraction of sp³-hybridized carbons (Fsp3) is 0.308. The van der Waals surface area contributed by atoms with Gasteiger partial charge in [-0.25, -0.2) is 8.42 Å². The van der Waals surface area contributed by atoms with Crippen LogP contribution in [0.1, 0.15) is 50.0 Å². The maximum atomic E-state index is 13.2. The quantitative estimate of drug-likeness (QED) is 0.393. The lowest BCUT2D eigenvalue weighted by molar-refractivity contribution is 0.439. The summed E-state index contributed by atoms with van der Waals surface area (Å²) in [7, 11) is -3.71. The van der Waals surface area contributed by atoms with E-state index in [-0.39, 0.29) is 4.90 Å².